The quantitative estimate of drug-likeness (QED) is 0.911. The van der Waals surface area contributed by atoms with E-state index in [1.54, 1.807) is 10.6 Å². The number of hydrogen-bond donors (Lipinski definition) is 2. The number of nitrogens with one attached hydrogen (secondary N) is 2. The van der Waals surface area contributed by atoms with Crippen LogP contribution < -0.4 is 10.7 Å². The van der Waals surface area contributed by atoms with Gasteiger partial charge >= 0.3 is 0 Å². The third kappa shape index (κ3) is 3.15. The maximum Gasteiger partial charge on any atom is 0.272 e. The first-order valence-corrected chi connectivity index (χ1v) is 7.44. The van der Waals surface area contributed by atoms with E-state index in [1.807, 2.05) is 50.5 Å². The highest BCUT2D eigenvalue weighted by Gasteiger charge is 2.21. The van der Waals surface area contributed by atoms with Gasteiger partial charge in [0.25, 0.3) is 5.91 Å². The summed E-state index contributed by atoms with van der Waals surface area (Å²) < 4.78 is 1.77. The Kier molecular flexibility index (Phi) is 3.97. The third-order valence-corrected chi connectivity index (χ3v) is 3.87. The van der Waals surface area contributed by atoms with Crippen LogP contribution in [0.3, 0.4) is 0 Å². The molecule has 0 spiro atoms. The number of carbonyl (C=O) groups is 2. The second-order valence-corrected chi connectivity index (χ2v) is 5.67. The van der Waals surface area contributed by atoms with E-state index < -0.39 is 0 Å². The Bertz CT molecular complexity index is 774. The molecule has 0 fully saturated rings. The van der Waals surface area contributed by atoms with Crippen LogP contribution in [0.1, 0.15) is 29.4 Å². The fourth-order valence-corrected chi connectivity index (χ4v) is 2.62. The molecule has 0 saturated carbocycles. The molecule has 0 bridgehead atoms. The predicted molar refractivity (Wildman–Crippen MR) is 88.3 cm³/mol. The number of hydrazone groups is 1. The Morgan fingerprint density at radius 2 is 2.04 bits per heavy atom. The van der Waals surface area contributed by atoms with Gasteiger partial charge in [-0.3, -0.25) is 9.59 Å². The molecule has 1 aromatic heterocycles. The van der Waals surface area contributed by atoms with Crippen LogP contribution in [-0.2, 0) is 11.8 Å². The summed E-state index contributed by atoms with van der Waals surface area (Å²) in [5.41, 5.74) is 5.62. The van der Waals surface area contributed by atoms with Gasteiger partial charge < -0.3 is 9.88 Å². The van der Waals surface area contributed by atoms with Crippen LogP contribution in [0.4, 0.5) is 5.69 Å². The Morgan fingerprint density at radius 3 is 2.65 bits per heavy atom. The first kappa shape index (κ1) is 15.0. The molecule has 1 atom stereocenters. The number of benzene rings is 1. The van der Waals surface area contributed by atoms with E-state index >= 15 is 0 Å². The van der Waals surface area contributed by atoms with Crippen LogP contribution >= 0.6 is 0 Å². The van der Waals surface area contributed by atoms with Crippen molar-refractivity contribution in [2.24, 2.45) is 18.1 Å². The third-order valence-electron chi connectivity index (χ3n) is 3.87. The van der Waals surface area contributed by atoms with Gasteiger partial charge in [-0.15, -0.1) is 0 Å². The van der Waals surface area contributed by atoms with E-state index in [9.17, 15) is 9.59 Å². The van der Waals surface area contributed by atoms with Crippen molar-refractivity contribution in [2.45, 2.75) is 13.3 Å². The maximum absolute atomic E-state index is 12.2. The summed E-state index contributed by atoms with van der Waals surface area (Å²) in [7, 11) is 1.83. The number of anilines is 1. The minimum atomic E-state index is -0.152. The number of carbonyl (C=O) groups excluding carboxylic acids is 2. The normalized spacial score (nSPS) is 17.4. The molecule has 6 heteroatoms. The molecule has 2 aromatic rings. The van der Waals surface area contributed by atoms with Crippen molar-refractivity contribution in [3.63, 3.8) is 0 Å². The molecule has 2 N–H and O–H groups in total. The smallest absolute Gasteiger partial charge is 0.272 e. The van der Waals surface area contributed by atoms with Gasteiger partial charge in [0, 0.05) is 31.3 Å². The van der Waals surface area contributed by atoms with Crippen LogP contribution in [0.5, 0.6) is 0 Å². The molecule has 1 aromatic carbocycles. The van der Waals surface area contributed by atoms with E-state index in [1.165, 1.54) is 0 Å². The summed E-state index contributed by atoms with van der Waals surface area (Å²) in [5, 5.41) is 7.00. The molecule has 2 heterocycles. The van der Waals surface area contributed by atoms with Crippen LogP contribution in [0.15, 0.2) is 47.7 Å². The Morgan fingerprint density at radius 1 is 1.30 bits per heavy atom. The molecular formula is C17H18N4O2. The molecule has 0 radical (unpaired) electrons. The average molecular weight is 310 g/mol. The standard InChI is InChI=1S/C17H18N4O2/c1-11-10-15(22)19-20-16(11)12-5-7-13(8-6-12)18-17(23)14-4-3-9-21(14)2/h3-9,11H,10H2,1-2H3,(H,18,23)(H,19,22). The Balaban J connectivity index is 1.74. The predicted octanol–water partition coefficient (Wildman–Crippen LogP) is 2.14. The van der Waals surface area contributed by atoms with Crippen LogP contribution in [0.25, 0.3) is 0 Å². The van der Waals surface area contributed by atoms with E-state index in [-0.39, 0.29) is 17.7 Å². The van der Waals surface area contributed by atoms with Gasteiger partial charge in [0.2, 0.25) is 5.91 Å². The van der Waals surface area contributed by atoms with Gasteiger partial charge in [0.05, 0.1) is 5.71 Å². The largest absolute Gasteiger partial charge is 0.347 e. The lowest BCUT2D eigenvalue weighted by atomic mass is 9.94. The minimum Gasteiger partial charge on any atom is -0.347 e. The summed E-state index contributed by atoms with van der Waals surface area (Å²) in [4.78, 5) is 23.5. The van der Waals surface area contributed by atoms with Gasteiger partial charge in [0.15, 0.2) is 0 Å². The van der Waals surface area contributed by atoms with E-state index in [4.69, 9.17) is 0 Å². The van der Waals surface area contributed by atoms with Crippen molar-refractivity contribution in [2.75, 3.05) is 5.32 Å². The summed E-state index contributed by atoms with van der Waals surface area (Å²) in [6.07, 6.45) is 2.26. The second kappa shape index (κ2) is 6.08. The molecule has 2 amide bonds. The zero-order valence-corrected chi connectivity index (χ0v) is 13.0. The van der Waals surface area contributed by atoms with Crippen LogP contribution in [0.2, 0.25) is 0 Å². The first-order valence-electron chi connectivity index (χ1n) is 7.44. The van der Waals surface area contributed by atoms with Crippen molar-refractivity contribution in [3.05, 3.63) is 53.9 Å². The molecular weight excluding hydrogens is 292 g/mol. The average Bonchev–Trinajstić information content (AvgIpc) is 2.95. The van der Waals surface area contributed by atoms with Crippen molar-refractivity contribution < 1.29 is 9.59 Å². The van der Waals surface area contributed by atoms with Gasteiger partial charge in [0.1, 0.15) is 5.69 Å². The zero-order chi connectivity index (χ0) is 16.4. The fraction of sp³-hybridized carbons (Fsp3) is 0.235. The zero-order valence-electron chi connectivity index (χ0n) is 13.0. The monoisotopic (exact) mass is 310 g/mol. The Hall–Kier alpha value is -2.89. The highest BCUT2D eigenvalue weighted by molar-refractivity contribution is 6.06. The van der Waals surface area contributed by atoms with Gasteiger partial charge in [-0.1, -0.05) is 19.1 Å². The lowest BCUT2D eigenvalue weighted by Gasteiger charge is -2.19. The number of hydrogen-bond acceptors (Lipinski definition) is 3. The summed E-state index contributed by atoms with van der Waals surface area (Å²) in [6, 6.07) is 11.1. The van der Waals surface area contributed by atoms with Crippen molar-refractivity contribution in [1.82, 2.24) is 9.99 Å². The van der Waals surface area contributed by atoms with E-state index in [0.717, 1.165) is 11.3 Å². The minimum absolute atomic E-state index is 0.0623. The summed E-state index contributed by atoms with van der Waals surface area (Å²) in [6.45, 7) is 1.97. The highest BCUT2D eigenvalue weighted by atomic mass is 16.2. The fourth-order valence-electron chi connectivity index (χ4n) is 2.62. The van der Waals surface area contributed by atoms with E-state index in [0.29, 0.717) is 17.8 Å². The number of rotatable bonds is 3. The SMILES string of the molecule is CC1CC(=O)NN=C1c1ccc(NC(=O)c2cccn2C)cc1. The molecule has 23 heavy (non-hydrogen) atoms. The highest BCUT2D eigenvalue weighted by Crippen LogP contribution is 2.18. The lowest BCUT2D eigenvalue weighted by Crippen LogP contribution is -2.31. The van der Waals surface area contributed by atoms with E-state index in [2.05, 4.69) is 15.8 Å². The number of aromatic nitrogens is 1. The van der Waals surface area contributed by atoms with Gasteiger partial charge in [-0.05, 0) is 29.8 Å². The molecule has 1 unspecified atom stereocenters. The number of nitrogens with zero attached hydrogens (tertiary/aromatic N) is 2. The van der Waals surface area contributed by atoms with Crippen molar-refractivity contribution in [3.8, 4) is 0 Å². The molecule has 118 valence electrons. The molecule has 6 nitrogen and oxygen atoms in total. The van der Waals surface area contributed by atoms with Gasteiger partial charge in [-0.25, -0.2) is 5.43 Å². The first-order chi connectivity index (χ1) is 11.0. The number of amides is 2. The van der Waals surface area contributed by atoms with Crippen LogP contribution in [0, 0.1) is 5.92 Å². The topological polar surface area (TPSA) is 75.5 Å². The number of aryl methyl sites for hydroxylation is 1. The molecule has 1 aliphatic rings. The summed E-state index contributed by atoms with van der Waals surface area (Å²) in [5.74, 6) is -0.138. The van der Waals surface area contributed by atoms with Gasteiger partial charge in [-0.2, -0.15) is 5.10 Å². The molecule has 3 rings (SSSR count). The Labute approximate surface area is 134 Å². The van der Waals surface area contributed by atoms with Crippen molar-refractivity contribution in [1.29, 1.82) is 0 Å². The van der Waals surface area contributed by atoms with Crippen molar-refractivity contribution >= 4 is 23.2 Å². The summed E-state index contributed by atoms with van der Waals surface area (Å²) >= 11 is 0. The molecule has 0 aliphatic carbocycles. The molecule has 0 saturated heterocycles. The lowest BCUT2D eigenvalue weighted by molar-refractivity contribution is -0.121. The second-order valence-electron chi connectivity index (χ2n) is 5.67. The maximum atomic E-state index is 12.2. The van der Waals surface area contributed by atoms with Crippen LogP contribution in [-0.4, -0.2) is 22.1 Å². The molecule has 1 aliphatic heterocycles.